The summed E-state index contributed by atoms with van der Waals surface area (Å²) in [6, 6.07) is 8.90. The van der Waals surface area contributed by atoms with Crippen LogP contribution in [0.25, 0.3) is 10.9 Å². The van der Waals surface area contributed by atoms with Crippen molar-refractivity contribution in [2.75, 3.05) is 13.7 Å². The minimum Gasteiger partial charge on any atom is -0.378 e. The number of rotatable bonds is 5. The Hall–Kier alpha value is -1.39. The van der Waals surface area contributed by atoms with E-state index in [9.17, 15) is 0 Å². The van der Waals surface area contributed by atoms with Gasteiger partial charge in [0.2, 0.25) is 0 Å². The third-order valence-electron chi connectivity index (χ3n) is 4.80. The van der Waals surface area contributed by atoms with Gasteiger partial charge in [-0.2, -0.15) is 5.10 Å². The Labute approximate surface area is 126 Å². The second-order valence-corrected chi connectivity index (χ2v) is 5.96. The van der Waals surface area contributed by atoms with Crippen molar-refractivity contribution in [2.45, 2.75) is 38.3 Å². The lowest BCUT2D eigenvalue weighted by atomic mass is 9.88. The maximum absolute atomic E-state index is 5.86. The van der Waals surface area contributed by atoms with E-state index < -0.39 is 0 Å². The molecule has 0 spiro atoms. The van der Waals surface area contributed by atoms with Gasteiger partial charge in [-0.3, -0.25) is 4.68 Å². The molecule has 1 aliphatic heterocycles. The van der Waals surface area contributed by atoms with Crippen LogP contribution in [0.2, 0.25) is 0 Å². The molecular weight excluding hydrogens is 262 g/mol. The minimum absolute atomic E-state index is 0.387. The molecule has 4 nitrogen and oxygen atoms in total. The lowest BCUT2D eigenvalue weighted by Gasteiger charge is -2.26. The van der Waals surface area contributed by atoms with Gasteiger partial charge >= 0.3 is 0 Å². The van der Waals surface area contributed by atoms with Crippen molar-refractivity contribution < 1.29 is 4.74 Å². The van der Waals surface area contributed by atoms with Crippen LogP contribution in [0, 0.1) is 5.92 Å². The zero-order chi connectivity index (χ0) is 14.8. The van der Waals surface area contributed by atoms with Crippen LogP contribution >= 0.6 is 0 Å². The smallest absolute Gasteiger partial charge is 0.0718 e. The van der Waals surface area contributed by atoms with E-state index in [1.54, 1.807) is 0 Å². The van der Waals surface area contributed by atoms with Crippen LogP contribution in [0.4, 0.5) is 0 Å². The van der Waals surface area contributed by atoms with Crippen molar-refractivity contribution in [3.05, 3.63) is 30.0 Å². The zero-order valence-electron chi connectivity index (χ0n) is 13.2. The fourth-order valence-electron chi connectivity index (χ4n) is 3.66. The first-order valence-corrected chi connectivity index (χ1v) is 7.94. The first kappa shape index (κ1) is 14.5. The largest absolute Gasteiger partial charge is 0.378 e. The van der Waals surface area contributed by atoms with Crippen molar-refractivity contribution in [3.63, 3.8) is 0 Å². The molecule has 2 aromatic rings. The number of aromatic nitrogens is 2. The second-order valence-electron chi connectivity index (χ2n) is 5.96. The van der Waals surface area contributed by atoms with Crippen molar-refractivity contribution in [1.82, 2.24) is 15.1 Å². The summed E-state index contributed by atoms with van der Waals surface area (Å²) >= 11 is 0. The number of fused-ring (bicyclic) bond motifs is 1. The van der Waals surface area contributed by atoms with Crippen LogP contribution < -0.4 is 5.32 Å². The molecule has 1 saturated heterocycles. The van der Waals surface area contributed by atoms with Crippen LogP contribution in [0.3, 0.4) is 0 Å². The van der Waals surface area contributed by atoms with Gasteiger partial charge in [0.25, 0.3) is 0 Å². The molecular formula is C17H25N3O. The summed E-state index contributed by atoms with van der Waals surface area (Å²) in [4.78, 5) is 0. The Morgan fingerprint density at radius 3 is 3.00 bits per heavy atom. The van der Waals surface area contributed by atoms with Crippen molar-refractivity contribution in [3.8, 4) is 0 Å². The molecule has 2 heterocycles. The number of likely N-dealkylation sites (N-methyl/N-ethyl adjacent to an activating group) is 1. The molecule has 0 amide bonds. The number of benzene rings is 1. The Kier molecular flexibility index (Phi) is 4.27. The Balaban J connectivity index is 1.86. The van der Waals surface area contributed by atoms with E-state index in [0.717, 1.165) is 25.9 Å². The molecule has 3 unspecified atom stereocenters. The van der Waals surface area contributed by atoms with Gasteiger partial charge in [-0.15, -0.1) is 0 Å². The number of hydrogen-bond acceptors (Lipinski definition) is 3. The van der Waals surface area contributed by atoms with Crippen LogP contribution in [-0.2, 0) is 18.2 Å². The molecule has 0 radical (unpaired) electrons. The highest BCUT2D eigenvalue weighted by Gasteiger charge is 2.33. The van der Waals surface area contributed by atoms with Gasteiger partial charge < -0.3 is 10.1 Å². The molecule has 21 heavy (non-hydrogen) atoms. The van der Waals surface area contributed by atoms with Crippen molar-refractivity contribution in [1.29, 1.82) is 0 Å². The van der Waals surface area contributed by atoms with E-state index in [1.165, 1.54) is 16.6 Å². The van der Waals surface area contributed by atoms with Crippen molar-refractivity contribution in [2.24, 2.45) is 13.0 Å². The standard InChI is InChI=1S/C17H25N3O/c1-4-17-13(9-10-21-17)14(18-2)11-15-12-7-5-6-8-16(12)20(3)19-15/h5-8,13-14,17-18H,4,9-11H2,1-3H3. The van der Waals surface area contributed by atoms with Crippen molar-refractivity contribution >= 4 is 10.9 Å². The predicted molar refractivity (Wildman–Crippen MR) is 85.4 cm³/mol. The second kappa shape index (κ2) is 6.16. The maximum Gasteiger partial charge on any atom is 0.0718 e. The Bertz CT molecular complexity index is 607. The summed E-state index contributed by atoms with van der Waals surface area (Å²) in [6.45, 7) is 3.11. The summed E-state index contributed by atoms with van der Waals surface area (Å²) in [5.74, 6) is 0.584. The van der Waals surface area contributed by atoms with Gasteiger partial charge in [-0.1, -0.05) is 25.1 Å². The fourth-order valence-corrected chi connectivity index (χ4v) is 3.66. The summed E-state index contributed by atoms with van der Waals surface area (Å²) in [5, 5.41) is 9.51. The molecule has 0 bridgehead atoms. The molecule has 4 heteroatoms. The Morgan fingerprint density at radius 1 is 1.43 bits per heavy atom. The summed E-state index contributed by atoms with van der Waals surface area (Å²) < 4.78 is 7.85. The van der Waals surface area contributed by atoms with E-state index in [2.05, 4.69) is 43.6 Å². The third kappa shape index (κ3) is 2.70. The SMILES string of the molecule is CCC1OCCC1C(Cc1nn(C)c2ccccc12)NC. The topological polar surface area (TPSA) is 39.1 Å². The lowest BCUT2D eigenvalue weighted by molar-refractivity contribution is 0.0782. The number of nitrogens with zero attached hydrogens (tertiary/aromatic N) is 2. The van der Waals surface area contributed by atoms with Gasteiger partial charge in [-0.25, -0.2) is 0 Å². The van der Waals surface area contributed by atoms with Gasteiger partial charge in [0, 0.05) is 37.4 Å². The molecule has 3 rings (SSSR count). The summed E-state index contributed by atoms with van der Waals surface area (Å²) in [6.07, 6.45) is 3.58. The van der Waals surface area contributed by atoms with E-state index in [-0.39, 0.29) is 0 Å². The molecule has 0 aliphatic carbocycles. The van der Waals surface area contributed by atoms with Gasteiger partial charge in [0.1, 0.15) is 0 Å². The number of nitrogens with one attached hydrogen (secondary N) is 1. The summed E-state index contributed by atoms with van der Waals surface area (Å²) in [5.41, 5.74) is 2.39. The fraction of sp³-hybridized carbons (Fsp3) is 0.588. The number of ether oxygens (including phenoxy) is 1. The van der Waals surface area contributed by atoms with E-state index in [0.29, 0.717) is 18.1 Å². The normalized spacial score (nSPS) is 23.8. The van der Waals surface area contributed by atoms with E-state index in [4.69, 9.17) is 9.84 Å². The highest BCUT2D eigenvalue weighted by Crippen LogP contribution is 2.29. The lowest BCUT2D eigenvalue weighted by Crippen LogP contribution is -2.39. The molecule has 0 saturated carbocycles. The van der Waals surface area contributed by atoms with Gasteiger partial charge in [0.15, 0.2) is 0 Å². The average molecular weight is 287 g/mol. The van der Waals surface area contributed by atoms with Crippen LogP contribution in [0.1, 0.15) is 25.5 Å². The number of aryl methyl sites for hydroxylation is 1. The van der Waals surface area contributed by atoms with Crippen LogP contribution in [0.5, 0.6) is 0 Å². The van der Waals surface area contributed by atoms with Gasteiger partial charge in [0.05, 0.1) is 17.3 Å². The molecule has 1 aromatic heterocycles. The molecule has 1 fully saturated rings. The van der Waals surface area contributed by atoms with E-state index >= 15 is 0 Å². The zero-order valence-corrected chi connectivity index (χ0v) is 13.2. The first-order chi connectivity index (χ1) is 10.2. The first-order valence-electron chi connectivity index (χ1n) is 7.94. The van der Waals surface area contributed by atoms with E-state index in [1.807, 2.05) is 11.7 Å². The third-order valence-corrected chi connectivity index (χ3v) is 4.80. The summed E-state index contributed by atoms with van der Waals surface area (Å²) in [7, 11) is 4.08. The number of hydrogen-bond donors (Lipinski definition) is 1. The molecule has 1 aromatic carbocycles. The monoisotopic (exact) mass is 287 g/mol. The maximum atomic E-state index is 5.86. The van der Waals surface area contributed by atoms with Crippen LogP contribution in [-0.4, -0.2) is 35.6 Å². The number of para-hydroxylation sites is 1. The highest BCUT2D eigenvalue weighted by atomic mass is 16.5. The molecule has 114 valence electrons. The molecule has 3 atom stereocenters. The minimum atomic E-state index is 0.387. The quantitative estimate of drug-likeness (QED) is 0.918. The molecule has 1 aliphatic rings. The highest BCUT2D eigenvalue weighted by molar-refractivity contribution is 5.81. The predicted octanol–water partition coefficient (Wildman–Crippen LogP) is 2.52. The molecule has 1 N–H and O–H groups in total. The van der Waals surface area contributed by atoms with Crippen LogP contribution in [0.15, 0.2) is 24.3 Å². The Morgan fingerprint density at radius 2 is 2.24 bits per heavy atom. The average Bonchev–Trinajstić information content (AvgIpc) is 3.10. The van der Waals surface area contributed by atoms with Gasteiger partial charge in [-0.05, 0) is 26.0 Å².